The zero-order valence-corrected chi connectivity index (χ0v) is 14.0. The number of hydrogen-bond acceptors (Lipinski definition) is 2. The van der Waals surface area contributed by atoms with Crippen LogP contribution < -0.4 is 5.32 Å². The van der Waals surface area contributed by atoms with Crippen LogP contribution in [0.3, 0.4) is 0 Å². The highest BCUT2D eigenvalue weighted by Crippen LogP contribution is 2.13. The zero-order chi connectivity index (χ0) is 16.7. The van der Waals surface area contributed by atoms with Gasteiger partial charge in [-0.25, -0.2) is 4.99 Å². The highest BCUT2D eigenvalue weighted by Gasteiger charge is 2.09. The van der Waals surface area contributed by atoms with Gasteiger partial charge in [0.2, 0.25) is 0 Å². The summed E-state index contributed by atoms with van der Waals surface area (Å²) < 4.78 is 0. The molecule has 2 aromatic rings. The van der Waals surface area contributed by atoms with Crippen LogP contribution in [0.2, 0.25) is 0 Å². The van der Waals surface area contributed by atoms with Gasteiger partial charge in [-0.05, 0) is 18.1 Å². The van der Waals surface area contributed by atoms with E-state index >= 15 is 0 Å². The second kappa shape index (κ2) is 8.34. The third kappa shape index (κ3) is 5.42. The third-order valence-electron chi connectivity index (χ3n) is 3.56. The van der Waals surface area contributed by atoms with Crippen LogP contribution in [0.1, 0.15) is 22.8 Å². The molecule has 0 spiro atoms. The van der Waals surface area contributed by atoms with Crippen LogP contribution in [0.15, 0.2) is 59.6 Å². The normalized spacial score (nSPS) is 12.8. The number of aliphatic imine (C=N–C) groups is 1. The van der Waals surface area contributed by atoms with Crippen LogP contribution in [0.4, 0.5) is 0 Å². The Labute approximate surface area is 138 Å². The fourth-order valence-electron chi connectivity index (χ4n) is 2.29. The lowest BCUT2D eigenvalue weighted by molar-refractivity contribution is 0.180. The largest absolute Gasteiger partial charge is 0.387 e. The molecule has 0 aromatic heterocycles. The van der Waals surface area contributed by atoms with E-state index in [0.29, 0.717) is 13.1 Å². The van der Waals surface area contributed by atoms with E-state index in [1.165, 1.54) is 0 Å². The van der Waals surface area contributed by atoms with Crippen molar-refractivity contribution in [2.75, 3.05) is 20.6 Å². The van der Waals surface area contributed by atoms with E-state index in [9.17, 15) is 5.11 Å². The molecule has 0 saturated heterocycles. The molecule has 0 aliphatic rings. The number of benzene rings is 2. The molecule has 4 nitrogen and oxygen atoms in total. The first-order chi connectivity index (χ1) is 11.1. The van der Waals surface area contributed by atoms with Gasteiger partial charge in [0, 0.05) is 20.6 Å². The lowest BCUT2D eigenvalue weighted by Gasteiger charge is -2.20. The molecule has 2 aromatic carbocycles. The van der Waals surface area contributed by atoms with E-state index in [0.717, 1.165) is 22.6 Å². The maximum Gasteiger partial charge on any atom is 0.193 e. The Bertz CT molecular complexity index is 638. The van der Waals surface area contributed by atoms with Crippen molar-refractivity contribution in [1.29, 1.82) is 0 Å². The van der Waals surface area contributed by atoms with Gasteiger partial charge in [-0.2, -0.15) is 0 Å². The molecule has 0 aliphatic heterocycles. The van der Waals surface area contributed by atoms with Crippen LogP contribution >= 0.6 is 0 Å². The SMILES string of the molecule is Cc1cccc(C(O)CNC(=NCc2ccccc2)N(C)C)c1. The van der Waals surface area contributed by atoms with Crippen molar-refractivity contribution in [2.24, 2.45) is 4.99 Å². The smallest absolute Gasteiger partial charge is 0.193 e. The van der Waals surface area contributed by atoms with Gasteiger partial charge in [0.05, 0.1) is 12.6 Å². The number of aliphatic hydroxyl groups is 1. The molecule has 0 radical (unpaired) electrons. The molecule has 0 saturated carbocycles. The third-order valence-corrected chi connectivity index (χ3v) is 3.56. The van der Waals surface area contributed by atoms with Crippen molar-refractivity contribution in [3.05, 3.63) is 71.3 Å². The minimum absolute atomic E-state index is 0.426. The number of aryl methyl sites for hydroxylation is 1. The molecular formula is C19H25N3O. The highest BCUT2D eigenvalue weighted by molar-refractivity contribution is 5.79. The maximum atomic E-state index is 10.3. The number of guanidine groups is 1. The molecule has 0 aliphatic carbocycles. The van der Waals surface area contributed by atoms with Crippen LogP contribution in [-0.2, 0) is 6.54 Å². The van der Waals surface area contributed by atoms with Crippen LogP contribution in [-0.4, -0.2) is 36.6 Å². The maximum absolute atomic E-state index is 10.3. The molecule has 2 rings (SSSR count). The van der Waals surface area contributed by atoms with Crippen molar-refractivity contribution >= 4 is 5.96 Å². The van der Waals surface area contributed by atoms with E-state index in [1.807, 2.05) is 68.4 Å². The van der Waals surface area contributed by atoms with E-state index in [1.54, 1.807) is 0 Å². The molecule has 0 amide bonds. The van der Waals surface area contributed by atoms with Gasteiger partial charge in [-0.1, -0.05) is 60.2 Å². The molecule has 1 atom stereocenters. The fraction of sp³-hybridized carbons (Fsp3) is 0.316. The lowest BCUT2D eigenvalue weighted by atomic mass is 10.1. The van der Waals surface area contributed by atoms with Gasteiger partial charge >= 0.3 is 0 Å². The Morgan fingerprint density at radius 2 is 1.87 bits per heavy atom. The summed E-state index contributed by atoms with van der Waals surface area (Å²) in [5.74, 6) is 0.764. The zero-order valence-electron chi connectivity index (χ0n) is 14.0. The quantitative estimate of drug-likeness (QED) is 0.659. The van der Waals surface area contributed by atoms with Gasteiger partial charge in [0.15, 0.2) is 5.96 Å². The molecule has 122 valence electrons. The highest BCUT2D eigenvalue weighted by atomic mass is 16.3. The van der Waals surface area contributed by atoms with Crippen LogP contribution in [0.25, 0.3) is 0 Å². The van der Waals surface area contributed by atoms with Gasteiger partial charge in [0.25, 0.3) is 0 Å². The first-order valence-corrected chi connectivity index (χ1v) is 7.80. The molecular weight excluding hydrogens is 286 g/mol. The first kappa shape index (κ1) is 17.0. The minimum Gasteiger partial charge on any atom is -0.387 e. The predicted octanol–water partition coefficient (Wildman–Crippen LogP) is 2.74. The number of aliphatic hydroxyl groups excluding tert-OH is 1. The lowest BCUT2D eigenvalue weighted by Crippen LogP contribution is -2.38. The average molecular weight is 311 g/mol. The summed E-state index contributed by atoms with van der Waals surface area (Å²) in [5.41, 5.74) is 3.22. The van der Waals surface area contributed by atoms with E-state index in [4.69, 9.17) is 0 Å². The Hall–Kier alpha value is -2.33. The summed E-state index contributed by atoms with van der Waals surface area (Å²) in [6.07, 6.45) is -0.559. The molecule has 2 N–H and O–H groups in total. The number of nitrogens with one attached hydrogen (secondary N) is 1. The summed E-state index contributed by atoms with van der Waals surface area (Å²) in [7, 11) is 3.88. The number of hydrogen-bond donors (Lipinski definition) is 2. The molecule has 1 unspecified atom stereocenters. The van der Waals surface area contributed by atoms with E-state index < -0.39 is 6.10 Å². The molecule has 0 heterocycles. The van der Waals surface area contributed by atoms with Crippen molar-refractivity contribution < 1.29 is 5.11 Å². The summed E-state index contributed by atoms with van der Waals surface area (Å²) >= 11 is 0. The second-order valence-corrected chi connectivity index (χ2v) is 5.83. The van der Waals surface area contributed by atoms with Gasteiger partial charge in [0.1, 0.15) is 0 Å². The Kier molecular flexibility index (Phi) is 6.18. The van der Waals surface area contributed by atoms with E-state index in [-0.39, 0.29) is 0 Å². The first-order valence-electron chi connectivity index (χ1n) is 7.80. The Morgan fingerprint density at radius 3 is 2.52 bits per heavy atom. The van der Waals surface area contributed by atoms with Crippen LogP contribution in [0.5, 0.6) is 0 Å². The molecule has 4 heteroatoms. The van der Waals surface area contributed by atoms with Gasteiger partial charge in [-0.3, -0.25) is 0 Å². The predicted molar refractivity (Wildman–Crippen MR) is 95.4 cm³/mol. The van der Waals surface area contributed by atoms with Gasteiger partial charge in [-0.15, -0.1) is 0 Å². The topological polar surface area (TPSA) is 47.9 Å². The molecule has 23 heavy (non-hydrogen) atoms. The van der Waals surface area contributed by atoms with Crippen molar-refractivity contribution in [3.8, 4) is 0 Å². The van der Waals surface area contributed by atoms with Crippen molar-refractivity contribution in [2.45, 2.75) is 19.6 Å². The summed E-state index contributed by atoms with van der Waals surface area (Å²) in [5, 5.41) is 13.6. The Balaban J connectivity index is 1.97. The van der Waals surface area contributed by atoms with E-state index in [2.05, 4.69) is 22.4 Å². The van der Waals surface area contributed by atoms with Gasteiger partial charge < -0.3 is 15.3 Å². The standard InChI is InChI=1S/C19H25N3O/c1-15-8-7-11-17(12-15)18(23)14-21-19(22(2)3)20-13-16-9-5-4-6-10-16/h4-12,18,23H,13-14H2,1-3H3,(H,20,21). The Morgan fingerprint density at radius 1 is 1.13 bits per heavy atom. The van der Waals surface area contributed by atoms with Crippen molar-refractivity contribution in [3.63, 3.8) is 0 Å². The summed E-state index contributed by atoms with van der Waals surface area (Å²) in [4.78, 5) is 6.52. The summed E-state index contributed by atoms with van der Waals surface area (Å²) in [6.45, 7) is 3.06. The number of rotatable bonds is 5. The van der Waals surface area contributed by atoms with Crippen molar-refractivity contribution in [1.82, 2.24) is 10.2 Å². The second-order valence-electron chi connectivity index (χ2n) is 5.83. The number of nitrogens with zero attached hydrogens (tertiary/aromatic N) is 2. The molecule has 0 bridgehead atoms. The minimum atomic E-state index is -0.559. The fourth-order valence-corrected chi connectivity index (χ4v) is 2.29. The summed E-state index contributed by atoms with van der Waals surface area (Å²) in [6, 6.07) is 18.1. The average Bonchev–Trinajstić information content (AvgIpc) is 2.55. The van der Waals surface area contributed by atoms with Crippen LogP contribution in [0, 0.1) is 6.92 Å². The molecule has 0 fully saturated rings. The monoisotopic (exact) mass is 311 g/mol.